The maximum absolute atomic E-state index is 14.4. The van der Waals surface area contributed by atoms with Crippen molar-refractivity contribution in [2.75, 3.05) is 11.9 Å². The highest BCUT2D eigenvalue weighted by Crippen LogP contribution is 2.33. The van der Waals surface area contributed by atoms with E-state index in [0.717, 1.165) is 17.7 Å². The molecule has 1 aromatic carbocycles. The first-order chi connectivity index (χ1) is 14.4. The van der Waals surface area contributed by atoms with Crippen LogP contribution in [0.4, 0.5) is 15.8 Å². The summed E-state index contributed by atoms with van der Waals surface area (Å²) in [7, 11) is 0. The lowest BCUT2D eigenvalue weighted by molar-refractivity contribution is 0.0954. The lowest BCUT2D eigenvalue weighted by Crippen LogP contribution is -2.25. The van der Waals surface area contributed by atoms with E-state index in [1.807, 2.05) is 20.8 Å². The minimum atomic E-state index is -0.404. The molecule has 30 heavy (non-hydrogen) atoms. The average molecular weight is 427 g/mol. The Morgan fingerprint density at radius 2 is 1.97 bits per heavy atom. The number of nitrogens with one attached hydrogen (secondary N) is 2. The summed E-state index contributed by atoms with van der Waals surface area (Å²) in [6, 6.07) is 7.89. The van der Waals surface area contributed by atoms with Gasteiger partial charge in [-0.2, -0.15) is 0 Å². The highest BCUT2D eigenvalue weighted by Gasteiger charge is 2.16. The average Bonchev–Trinajstić information content (AvgIpc) is 2.74. The number of rotatable bonds is 7. The largest absolute Gasteiger partial charge is 0.354 e. The molecule has 0 spiro atoms. The molecular weight excluding hydrogens is 403 g/mol. The van der Waals surface area contributed by atoms with Crippen LogP contribution in [0, 0.1) is 5.82 Å². The predicted octanol–water partition coefficient (Wildman–Crippen LogP) is 5.94. The Morgan fingerprint density at radius 1 is 1.17 bits per heavy atom. The fraction of sp³-hybridized carbons (Fsp3) is 0.261. The molecule has 0 radical (unpaired) electrons. The molecule has 7 heteroatoms. The van der Waals surface area contributed by atoms with Gasteiger partial charge in [-0.05, 0) is 48.2 Å². The highest BCUT2D eigenvalue weighted by atomic mass is 35.5. The molecule has 0 atom stereocenters. The number of pyridine rings is 2. The van der Waals surface area contributed by atoms with Crippen LogP contribution in [0.3, 0.4) is 0 Å². The summed E-state index contributed by atoms with van der Waals surface area (Å²) in [5.41, 5.74) is 3.50. The Kier molecular flexibility index (Phi) is 7.00. The third kappa shape index (κ3) is 4.94. The van der Waals surface area contributed by atoms with Gasteiger partial charge >= 0.3 is 0 Å². The van der Waals surface area contributed by atoms with Crippen molar-refractivity contribution in [3.8, 4) is 11.3 Å². The summed E-state index contributed by atoms with van der Waals surface area (Å²) >= 11 is 6.05. The van der Waals surface area contributed by atoms with Gasteiger partial charge in [-0.1, -0.05) is 32.4 Å². The zero-order valence-corrected chi connectivity index (χ0v) is 17.9. The first-order valence-corrected chi connectivity index (χ1v) is 10.2. The lowest BCUT2D eigenvalue weighted by atomic mass is 10.0. The minimum Gasteiger partial charge on any atom is -0.354 e. The fourth-order valence-corrected chi connectivity index (χ4v) is 3.21. The standard InChI is InChI=1S/C23H24ClFN4O/c1-4-8-27-23(30)18-12-26-9-7-20(18)29-22-11-21(28-13-17(22)14(2)3)16-10-15(24)5-6-19(16)25/h5-7,9-14H,4,8H2,1-3H3,(H,27,30)(H,26,28,29). The summed E-state index contributed by atoms with van der Waals surface area (Å²) in [6.45, 7) is 6.66. The molecule has 0 bridgehead atoms. The van der Waals surface area contributed by atoms with Gasteiger partial charge in [0.25, 0.3) is 5.91 Å². The van der Waals surface area contributed by atoms with Crippen molar-refractivity contribution in [2.45, 2.75) is 33.1 Å². The van der Waals surface area contributed by atoms with Crippen molar-refractivity contribution in [1.29, 1.82) is 0 Å². The number of carbonyl (C=O) groups excluding carboxylic acids is 1. The van der Waals surface area contributed by atoms with Crippen molar-refractivity contribution in [1.82, 2.24) is 15.3 Å². The molecule has 0 unspecified atom stereocenters. The fourth-order valence-electron chi connectivity index (χ4n) is 3.04. The number of hydrogen-bond acceptors (Lipinski definition) is 4. The van der Waals surface area contributed by atoms with Crippen LogP contribution in [-0.4, -0.2) is 22.4 Å². The summed E-state index contributed by atoms with van der Waals surface area (Å²) in [4.78, 5) is 21.1. The number of carbonyl (C=O) groups is 1. The van der Waals surface area contributed by atoms with Gasteiger partial charge in [-0.15, -0.1) is 0 Å². The van der Waals surface area contributed by atoms with Crippen LogP contribution in [0.2, 0.25) is 5.02 Å². The molecule has 5 nitrogen and oxygen atoms in total. The van der Waals surface area contributed by atoms with Gasteiger partial charge in [0.15, 0.2) is 0 Å². The number of anilines is 2. The van der Waals surface area contributed by atoms with Crippen LogP contribution < -0.4 is 10.6 Å². The number of nitrogens with zero attached hydrogens (tertiary/aromatic N) is 2. The second-order valence-corrected chi connectivity index (χ2v) is 7.67. The maximum atomic E-state index is 14.4. The molecule has 156 valence electrons. The van der Waals surface area contributed by atoms with E-state index in [1.165, 1.54) is 18.3 Å². The van der Waals surface area contributed by atoms with E-state index >= 15 is 0 Å². The van der Waals surface area contributed by atoms with Crippen LogP contribution in [0.25, 0.3) is 11.3 Å². The zero-order chi connectivity index (χ0) is 21.7. The molecular formula is C23H24ClFN4O. The molecule has 2 N–H and O–H groups in total. The Hall–Kier alpha value is -2.99. The first-order valence-electron chi connectivity index (χ1n) is 9.85. The van der Waals surface area contributed by atoms with Crippen LogP contribution >= 0.6 is 11.6 Å². The number of halogens is 2. The van der Waals surface area contributed by atoms with Crippen molar-refractivity contribution < 1.29 is 9.18 Å². The summed E-state index contributed by atoms with van der Waals surface area (Å²) in [5, 5.41) is 6.63. The molecule has 1 amide bonds. The lowest BCUT2D eigenvalue weighted by Gasteiger charge is -2.18. The van der Waals surface area contributed by atoms with Crippen LogP contribution in [0.5, 0.6) is 0 Å². The van der Waals surface area contributed by atoms with Gasteiger partial charge < -0.3 is 10.6 Å². The monoisotopic (exact) mass is 426 g/mol. The predicted molar refractivity (Wildman–Crippen MR) is 119 cm³/mol. The Labute approximate surface area is 180 Å². The van der Waals surface area contributed by atoms with E-state index in [-0.39, 0.29) is 11.8 Å². The molecule has 0 saturated heterocycles. The van der Waals surface area contributed by atoms with E-state index in [1.54, 1.807) is 30.6 Å². The van der Waals surface area contributed by atoms with Crippen molar-refractivity contribution in [2.24, 2.45) is 0 Å². The topological polar surface area (TPSA) is 66.9 Å². The molecule has 0 aliphatic carbocycles. The molecule has 0 fully saturated rings. The number of aromatic nitrogens is 2. The van der Waals surface area contributed by atoms with E-state index in [4.69, 9.17) is 11.6 Å². The SMILES string of the molecule is CCCNC(=O)c1cnccc1Nc1cc(-c2cc(Cl)ccc2F)ncc1C(C)C. The molecule has 3 aromatic rings. The molecule has 0 aliphatic rings. The van der Waals surface area contributed by atoms with Gasteiger partial charge in [-0.25, -0.2) is 4.39 Å². The van der Waals surface area contributed by atoms with Gasteiger partial charge in [0.05, 0.1) is 16.9 Å². The molecule has 2 aromatic heterocycles. The second-order valence-electron chi connectivity index (χ2n) is 7.24. The Balaban J connectivity index is 2.04. The number of benzene rings is 1. The summed E-state index contributed by atoms with van der Waals surface area (Å²) in [5.74, 6) is -0.440. The zero-order valence-electron chi connectivity index (χ0n) is 17.2. The third-order valence-electron chi connectivity index (χ3n) is 4.63. The van der Waals surface area contributed by atoms with Gasteiger partial charge in [-0.3, -0.25) is 14.8 Å². The van der Waals surface area contributed by atoms with Gasteiger partial charge in [0.1, 0.15) is 5.82 Å². The molecule has 3 rings (SSSR count). The Bertz CT molecular complexity index is 1060. The third-order valence-corrected chi connectivity index (χ3v) is 4.87. The van der Waals surface area contributed by atoms with Gasteiger partial charge in [0.2, 0.25) is 0 Å². The van der Waals surface area contributed by atoms with Crippen molar-refractivity contribution in [3.05, 3.63) is 70.9 Å². The maximum Gasteiger partial charge on any atom is 0.254 e. The van der Waals surface area contributed by atoms with Gasteiger partial charge in [0, 0.05) is 41.4 Å². The molecule has 2 heterocycles. The first kappa shape index (κ1) is 21.7. The number of hydrogen-bond donors (Lipinski definition) is 2. The minimum absolute atomic E-state index is 0.164. The van der Waals surface area contributed by atoms with E-state index in [2.05, 4.69) is 20.6 Å². The summed E-state index contributed by atoms with van der Waals surface area (Å²) in [6.07, 6.45) is 5.71. The quantitative estimate of drug-likeness (QED) is 0.490. The van der Waals surface area contributed by atoms with E-state index < -0.39 is 5.82 Å². The smallest absolute Gasteiger partial charge is 0.254 e. The van der Waals surface area contributed by atoms with E-state index in [0.29, 0.717) is 34.1 Å². The normalized spacial score (nSPS) is 10.9. The van der Waals surface area contributed by atoms with Crippen molar-refractivity contribution in [3.63, 3.8) is 0 Å². The number of amides is 1. The second kappa shape index (κ2) is 9.67. The van der Waals surface area contributed by atoms with Crippen LogP contribution in [0.15, 0.2) is 48.9 Å². The van der Waals surface area contributed by atoms with Crippen molar-refractivity contribution >= 4 is 28.9 Å². The van der Waals surface area contributed by atoms with Crippen LogP contribution in [0.1, 0.15) is 49.0 Å². The molecule has 0 aliphatic heterocycles. The summed E-state index contributed by atoms with van der Waals surface area (Å²) < 4.78 is 14.4. The highest BCUT2D eigenvalue weighted by molar-refractivity contribution is 6.30. The van der Waals surface area contributed by atoms with E-state index in [9.17, 15) is 9.18 Å². The Morgan fingerprint density at radius 3 is 2.70 bits per heavy atom. The van der Waals surface area contributed by atoms with Crippen LogP contribution in [-0.2, 0) is 0 Å². The molecule has 0 saturated carbocycles.